The van der Waals surface area contributed by atoms with E-state index in [0.717, 1.165) is 11.3 Å². The van der Waals surface area contributed by atoms with Crippen molar-refractivity contribution in [1.29, 1.82) is 0 Å². The van der Waals surface area contributed by atoms with Gasteiger partial charge in [-0.05, 0) is 25.5 Å². The Labute approximate surface area is 115 Å². The van der Waals surface area contributed by atoms with Crippen molar-refractivity contribution >= 4 is 38.9 Å². The van der Waals surface area contributed by atoms with Crippen LogP contribution in [0.4, 0.5) is 0 Å². The normalized spacial score (nSPS) is 15.3. The molecule has 0 bridgehead atoms. The van der Waals surface area contributed by atoms with Gasteiger partial charge in [-0.2, -0.15) is 4.72 Å². The quantitative estimate of drug-likeness (QED) is 0.844. The Morgan fingerprint density at radius 1 is 1.56 bits per heavy atom. The summed E-state index contributed by atoms with van der Waals surface area (Å²) in [7, 11) is -3.86. The van der Waals surface area contributed by atoms with E-state index in [1.165, 1.54) is 19.1 Å². The van der Waals surface area contributed by atoms with Crippen LogP contribution < -0.4 is 4.72 Å². The number of carboxylic acid groups (broad SMARTS) is 1. The first-order valence-electron chi connectivity index (χ1n) is 5.24. The Hall–Kier alpha value is -0.630. The molecule has 2 N–H and O–H groups in total. The standard InChI is InChI=1S/C10H14ClNO4S2/c1-3-6-10(2,9(13)14)12-18(15,16)8-5-4-7(11)17-8/h4-5,12H,3,6H2,1-2H3,(H,13,14). The summed E-state index contributed by atoms with van der Waals surface area (Å²) in [5.41, 5.74) is -1.51. The lowest BCUT2D eigenvalue weighted by Crippen LogP contribution is -2.51. The molecule has 0 aliphatic rings. The first-order chi connectivity index (χ1) is 8.21. The van der Waals surface area contributed by atoms with E-state index in [4.69, 9.17) is 16.7 Å². The molecule has 102 valence electrons. The maximum Gasteiger partial charge on any atom is 0.324 e. The molecule has 8 heteroatoms. The molecule has 1 atom stereocenters. The molecule has 1 heterocycles. The number of sulfonamides is 1. The van der Waals surface area contributed by atoms with E-state index in [2.05, 4.69) is 4.72 Å². The van der Waals surface area contributed by atoms with Crippen molar-refractivity contribution in [2.45, 2.75) is 36.4 Å². The SMILES string of the molecule is CCCC(C)(NS(=O)(=O)c1ccc(Cl)s1)C(=O)O. The lowest BCUT2D eigenvalue weighted by Gasteiger charge is -2.24. The lowest BCUT2D eigenvalue weighted by atomic mass is 9.98. The fourth-order valence-electron chi connectivity index (χ4n) is 1.49. The minimum absolute atomic E-state index is 0.0103. The highest BCUT2D eigenvalue weighted by molar-refractivity contribution is 7.91. The van der Waals surface area contributed by atoms with Gasteiger partial charge >= 0.3 is 5.97 Å². The molecule has 0 spiro atoms. The highest BCUT2D eigenvalue weighted by atomic mass is 35.5. The van der Waals surface area contributed by atoms with Crippen LogP contribution in [0.1, 0.15) is 26.7 Å². The van der Waals surface area contributed by atoms with Crippen LogP contribution in [0.3, 0.4) is 0 Å². The van der Waals surface area contributed by atoms with Crippen LogP contribution in [0, 0.1) is 0 Å². The van der Waals surface area contributed by atoms with Crippen LogP contribution >= 0.6 is 22.9 Å². The van der Waals surface area contributed by atoms with Crippen LogP contribution in [-0.4, -0.2) is 25.0 Å². The predicted octanol–water partition coefficient (Wildman–Crippen LogP) is 2.32. The summed E-state index contributed by atoms with van der Waals surface area (Å²) in [6.45, 7) is 3.14. The van der Waals surface area contributed by atoms with Gasteiger partial charge in [0, 0.05) is 0 Å². The van der Waals surface area contributed by atoms with Gasteiger partial charge < -0.3 is 5.11 Å². The summed E-state index contributed by atoms with van der Waals surface area (Å²) in [6.07, 6.45) is 0.761. The van der Waals surface area contributed by atoms with Gasteiger partial charge in [0.2, 0.25) is 0 Å². The van der Waals surface area contributed by atoms with Crippen LogP contribution in [0.2, 0.25) is 4.34 Å². The monoisotopic (exact) mass is 311 g/mol. The van der Waals surface area contributed by atoms with Crippen molar-refractivity contribution in [2.24, 2.45) is 0 Å². The number of aliphatic carboxylic acids is 1. The van der Waals surface area contributed by atoms with E-state index < -0.39 is 21.5 Å². The van der Waals surface area contributed by atoms with Crippen molar-refractivity contribution in [3.8, 4) is 0 Å². The van der Waals surface area contributed by atoms with Gasteiger partial charge in [-0.3, -0.25) is 4.79 Å². The first kappa shape index (κ1) is 15.4. The molecule has 0 saturated heterocycles. The highest BCUT2D eigenvalue weighted by Gasteiger charge is 2.37. The smallest absolute Gasteiger partial charge is 0.324 e. The van der Waals surface area contributed by atoms with Crippen molar-refractivity contribution in [1.82, 2.24) is 4.72 Å². The predicted molar refractivity (Wildman–Crippen MR) is 70.6 cm³/mol. The van der Waals surface area contributed by atoms with Crippen LogP contribution in [0.5, 0.6) is 0 Å². The Morgan fingerprint density at radius 2 is 2.17 bits per heavy atom. The second-order valence-electron chi connectivity index (χ2n) is 4.05. The van der Waals surface area contributed by atoms with Gasteiger partial charge in [0.25, 0.3) is 10.0 Å². The number of carboxylic acids is 1. The summed E-state index contributed by atoms with van der Waals surface area (Å²) in [6, 6.07) is 2.81. The fourth-order valence-corrected chi connectivity index (χ4v) is 4.37. The largest absolute Gasteiger partial charge is 0.480 e. The average molecular weight is 312 g/mol. The molecule has 0 saturated carbocycles. The van der Waals surface area contributed by atoms with Gasteiger partial charge in [-0.25, -0.2) is 8.42 Å². The molecule has 0 aliphatic heterocycles. The zero-order valence-corrected chi connectivity index (χ0v) is 12.3. The van der Waals surface area contributed by atoms with Crippen molar-refractivity contribution in [3.05, 3.63) is 16.5 Å². The molecule has 5 nitrogen and oxygen atoms in total. The molecule has 0 aliphatic carbocycles. The topological polar surface area (TPSA) is 83.5 Å². The lowest BCUT2D eigenvalue weighted by molar-refractivity contribution is -0.143. The average Bonchev–Trinajstić information content (AvgIpc) is 2.64. The van der Waals surface area contributed by atoms with Crippen LogP contribution in [0.15, 0.2) is 16.3 Å². The Kier molecular flexibility index (Phi) is 4.77. The number of hydrogen-bond acceptors (Lipinski definition) is 4. The molecule has 18 heavy (non-hydrogen) atoms. The maximum atomic E-state index is 12.0. The third-order valence-corrected chi connectivity index (χ3v) is 5.71. The molecule has 1 unspecified atom stereocenters. The first-order valence-corrected chi connectivity index (χ1v) is 7.92. The molecule has 1 rings (SSSR count). The van der Waals surface area contributed by atoms with E-state index in [1.54, 1.807) is 6.92 Å². The van der Waals surface area contributed by atoms with Gasteiger partial charge in [0.05, 0.1) is 4.34 Å². The molecule has 0 aromatic carbocycles. The zero-order chi connectivity index (χ0) is 14.0. The number of nitrogens with one attached hydrogen (secondary N) is 1. The number of carbonyl (C=O) groups is 1. The van der Waals surface area contributed by atoms with Gasteiger partial charge in [-0.1, -0.05) is 24.9 Å². The summed E-state index contributed by atoms with van der Waals surface area (Å²) in [5, 5.41) is 9.13. The van der Waals surface area contributed by atoms with Crippen molar-refractivity contribution in [2.75, 3.05) is 0 Å². The van der Waals surface area contributed by atoms with Gasteiger partial charge in [0.1, 0.15) is 9.75 Å². The summed E-state index contributed by atoms with van der Waals surface area (Å²) >= 11 is 6.56. The van der Waals surface area contributed by atoms with E-state index >= 15 is 0 Å². The molecule has 0 amide bonds. The van der Waals surface area contributed by atoms with E-state index in [1.807, 2.05) is 0 Å². The van der Waals surface area contributed by atoms with E-state index in [0.29, 0.717) is 10.8 Å². The summed E-state index contributed by atoms with van der Waals surface area (Å²) in [4.78, 5) is 11.2. The second-order valence-corrected chi connectivity index (χ2v) is 7.68. The van der Waals surface area contributed by atoms with E-state index in [-0.39, 0.29) is 10.6 Å². The molecular formula is C10H14ClNO4S2. The number of thiophene rings is 1. The van der Waals surface area contributed by atoms with Gasteiger partial charge in [-0.15, -0.1) is 11.3 Å². The van der Waals surface area contributed by atoms with Crippen LogP contribution in [0.25, 0.3) is 0 Å². The number of rotatable bonds is 6. The molecular weight excluding hydrogens is 298 g/mol. The van der Waals surface area contributed by atoms with Crippen molar-refractivity contribution < 1.29 is 18.3 Å². The maximum absolute atomic E-state index is 12.0. The number of halogens is 1. The van der Waals surface area contributed by atoms with Gasteiger partial charge in [0.15, 0.2) is 0 Å². The molecule has 0 radical (unpaired) electrons. The third kappa shape index (κ3) is 3.44. The highest BCUT2D eigenvalue weighted by Crippen LogP contribution is 2.27. The van der Waals surface area contributed by atoms with E-state index in [9.17, 15) is 13.2 Å². The zero-order valence-electron chi connectivity index (χ0n) is 9.94. The minimum Gasteiger partial charge on any atom is -0.480 e. The van der Waals surface area contributed by atoms with Crippen molar-refractivity contribution in [3.63, 3.8) is 0 Å². The third-order valence-electron chi connectivity index (χ3n) is 2.40. The Bertz CT molecular complexity index is 540. The summed E-state index contributed by atoms with van der Waals surface area (Å²) < 4.78 is 26.6. The second kappa shape index (κ2) is 5.56. The molecule has 0 fully saturated rings. The summed E-state index contributed by atoms with van der Waals surface area (Å²) in [5.74, 6) is -1.20. The Morgan fingerprint density at radius 3 is 2.56 bits per heavy atom. The minimum atomic E-state index is -3.86. The molecule has 1 aromatic rings. The number of hydrogen-bond donors (Lipinski definition) is 2. The Balaban J connectivity index is 3.04. The van der Waals surface area contributed by atoms with Crippen LogP contribution in [-0.2, 0) is 14.8 Å². The molecule has 1 aromatic heterocycles. The fraction of sp³-hybridized carbons (Fsp3) is 0.500.